The number of nitrogens with two attached hydrogens (primary N) is 1. The molecule has 1 aromatic heterocycles. The number of fused-ring (bicyclic) bond motifs is 1. The van der Waals surface area contributed by atoms with Gasteiger partial charge < -0.3 is 20.5 Å². The van der Waals surface area contributed by atoms with Gasteiger partial charge in [-0.05, 0) is 24.3 Å². The van der Waals surface area contributed by atoms with E-state index in [2.05, 4.69) is 10.3 Å². The molecule has 6 heteroatoms. The first kappa shape index (κ1) is 12.4. The Kier molecular flexibility index (Phi) is 3.22. The molecule has 0 bridgehead atoms. The van der Waals surface area contributed by atoms with Crippen LogP contribution in [0.3, 0.4) is 0 Å². The van der Waals surface area contributed by atoms with Gasteiger partial charge in [0.05, 0.1) is 5.69 Å². The molecule has 0 saturated heterocycles. The number of nitrogens with zero attached hydrogens (tertiary/aromatic N) is 1. The van der Waals surface area contributed by atoms with Crippen LogP contribution in [0.4, 0.5) is 5.69 Å². The quantitative estimate of drug-likeness (QED) is 0.883. The predicted octanol–water partition coefficient (Wildman–Crippen LogP) is 1.52. The highest BCUT2D eigenvalue weighted by Crippen LogP contribution is 2.34. The highest BCUT2D eigenvalue weighted by Gasteiger charge is 2.14. The Balaban J connectivity index is 1.78. The lowest BCUT2D eigenvalue weighted by Crippen LogP contribution is -2.13. The molecule has 0 fully saturated rings. The van der Waals surface area contributed by atoms with E-state index in [-0.39, 0.29) is 12.7 Å². The Hall–Kier alpha value is -2.60. The molecule has 0 unspecified atom stereocenters. The monoisotopic (exact) mass is 271 g/mol. The predicted molar refractivity (Wildman–Crippen MR) is 72.6 cm³/mol. The standard InChI is InChI=1S/C14H13N3O3/c15-7-11-5-9(3-4-16-11)14(18)17-10-1-2-12-13(6-10)20-8-19-12/h1-6H,7-8,15H2,(H,17,18). The van der Waals surface area contributed by atoms with E-state index in [0.29, 0.717) is 35.0 Å². The summed E-state index contributed by atoms with van der Waals surface area (Å²) in [7, 11) is 0. The van der Waals surface area contributed by atoms with Crippen molar-refractivity contribution in [2.24, 2.45) is 5.73 Å². The zero-order valence-electron chi connectivity index (χ0n) is 10.6. The molecular formula is C14H13N3O3. The summed E-state index contributed by atoms with van der Waals surface area (Å²) in [6.45, 7) is 0.502. The Bertz CT molecular complexity index is 658. The number of benzene rings is 1. The number of amides is 1. The highest BCUT2D eigenvalue weighted by atomic mass is 16.7. The number of pyridine rings is 1. The molecule has 0 aliphatic carbocycles. The summed E-state index contributed by atoms with van der Waals surface area (Å²) in [5, 5.41) is 2.80. The van der Waals surface area contributed by atoms with Crippen LogP contribution in [0.1, 0.15) is 16.1 Å². The van der Waals surface area contributed by atoms with Gasteiger partial charge in [0.25, 0.3) is 5.91 Å². The fraction of sp³-hybridized carbons (Fsp3) is 0.143. The smallest absolute Gasteiger partial charge is 0.255 e. The van der Waals surface area contributed by atoms with Crippen LogP contribution in [0.15, 0.2) is 36.5 Å². The SMILES string of the molecule is NCc1cc(C(=O)Nc2ccc3c(c2)OCO3)ccn1. The lowest BCUT2D eigenvalue weighted by Gasteiger charge is -2.07. The average molecular weight is 271 g/mol. The topological polar surface area (TPSA) is 86.5 Å². The second kappa shape index (κ2) is 5.18. The van der Waals surface area contributed by atoms with Gasteiger partial charge >= 0.3 is 0 Å². The molecule has 1 aliphatic rings. The zero-order valence-corrected chi connectivity index (χ0v) is 10.6. The Labute approximate surface area is 115 Å². The van der Waals surface area contributed by atoms with Crippen molar-refractivity contribution in [1.29, 1.82) is 0 Å². The molecule has 0 saturated carbocycles. The first-order chi connectivity index (χ1) is 9.76. The van der Waals surface area contributed by atoms with Crippen molar-refractivity contribution in [3.63, 3.8) is 0 Å². The van der Waals surface area contributed by atoms with E-state index in [4.69, 9.17) is 15.2 Å². The molecule has 6 nitrogen and oxygen atoms in total. The summed E-state index contributed by atoms with van der Waals surface area (Å²) in [4.78, 5) is 16.2. The molecular weight excluding hydrogens is 258 g/mol. The van der Waals surface area contributed by atoms with Gasteiger partial charge in [0.2, 0.25) is 6.79 Å². The van der Waals surface area contributed by atoms with E-state index >= 15 is 0 Å². The van der Waals surface area contributed by atoms with Crippen LogP contribution in [0.25, 0.3) is 0 Å². The van der Waals surface area contributed by atoms with E-state index in [1.807, 2.05) is 0 Å². The fourth-order valence-corrected chi connectivity index (χ4v) is 1.91. The van der Waals surface area contributed by atoms with Crippen LogP contribution < -0.4 is 20.5 Å². The summed E-state index contributed by atoms with van der Waals surface area (Å²) in [5.41, 5.74) is 7.33. The van der Waals surface area contributed by atoms with Crippen LogP contribution >= 0.6 is 0 Å². The van der Waals surface area contributed by atoms with Gasteiger partial charge in [0.15, 0.2) is 11.5 Å². The van der Waals surface area contributed by atoms with Crippen LogP contribution in [0, 0.1) is 0 Å². The fourth-order valence-electron chi connectivity index (χ4n) is 1.91. The minimum absolute atomic E-state index is 0.205. The number of anilines is 1. The van der Waals surface area contributed by atoms with Gasteiger partial charge in [0.1, 0.15) is 0 Å². The highest BCUT2D eigenvalue weighted by molar-refractivity contribution is 6.04. The number of aromatic nitrogens is 1. The second-order valence-electron chi connectivity index (χ2n) is 4.26. The number of hydrogen-bond acceptors (Lipinski definition) is 5. The minimum Gasteiger partial charge on any atom is -0.454 e. The number of carbonyl (C=O) groups is 1. The molecule has 0 atom stereocenters. The van der Waals surface area contributed by atoms with Crippen molar-refractivity contribution >= 4 is 11.6 Å². The molecule has 20 heavy (non-hydrogen) atoms. The van der Waals surface area contributed by atoms with E-state index in [1.165, 1.54) is 0 Å². The van der Waals surface area contributed by atoms with Gasteiger partial charge in [-0.2, -0.15) is 0 Å². The molecule has 1 amide bonds. The first-order valence-electron chi connectivity index (χ1n) is 6.12. The summed E-state index contributed by atoms with van der Waals surface area (Å²) >= 11 is 0. The first-order valence-corrected chi connectivity index (χ1v) is 6.12. The number of nitrogens with one attached hydrogen (secondary N) is 1. The van der Waals surface area contributed by atoms with Crippen molar-refractivity contribution in [2.45, 2.75) is 6.54 Å². The molecule has 1 aromatic carbocycles. The lowest BCUT2D eigenvalue weighted by atomic mass is 10.2. The third-order valence-corrected chi connectivity index (χ3v) is 2.92. The van der Waals surface area contributed by atoms with Crippen molar-refractivity contribution in [3.8, 4) is 11.5 Å². The van der Waals surface area contributed by atoms with Gasteiger partial charge in [-0.3, -0.25) is 9.78 Å². The van der Waals surface area contributed by atoms with Crippen LogP contribution in [0.2, 0.25) is 0 Å². The average Bonchev–Trinajstić information content (AvgIpc) is 2.95. The third-order valence-electron chi connectivity index (χ3n) is 2.92. The van der Waals surface area contributed by atoms with E-state index in [0.717, 1.165) is 0 Å². The van der Waals surface area contributed by atoms with Gasteiger partial charge in [-0.15, -0.1) is 0 Å². The van der Waals surface area contributed by atoms with Crippen molar-refractivity contribution in [3.05, 3.63) is 47.8 Å². The summed E-state index contributed by atoms with van der Waals surface area (Å²) in [6.07, 6.45) is 1.57. The van der Waals surface area contributed by atoms with Crippen LogP contribution in [-0.2, 0) is 6.54 Å². The van der Waals surface area contributed by atoms with Crippen molar-refractivity contribution < 1.29 is 14.3 Å². The molecule has 0 radical (unpaired) electrons. The molecule has 3 N–H and O–H groups in total. The van der Waals surface area contributed by atoms with Crippen LogP contribution in [-0.4, -0.2) is 17.7 Å². The summed E-state index contributed by atoms with van der Waals surface area (Å²) in [6, 6.07) is 8.56. The normalized spacial score (nSPS) is 12.2. The van der Waals surface area contributed by atoms with Crippen LogP contribution in [0.5, 0.6) is 11.5 Å². The number of ether oxygens (including phenoxy) is 2. The molecule has 1 aliphatic heterocycles. The van der Waals surface area contributed by atoms with Crippen molar-refractivity contribution in [1.82, 2.24) is 4.98 Å². The molecule has 0 spiro atoms. The molecule has 102 valence electrons. The largest absolute Gasteiger partial charge is 0.454 e. The van der Waals surface area contributed by atoms with Gasteiger partial charge in [-0.1, -0.05) is 0 Å². The lowest BCUT2D eigenvalue weighted by molar-refractivity contribution is 0.102. The van der Waals surface area contributed by atoms with E-state index in [9.17, 15) is 4.79 Å². The summed E-state index contributed by atoms with van der Waals surface area (Å²) < 4.78 is 10.5. The van der Waals surface area contributed by atoms with Gasteiger partial charge in [0, 0.05) is 30.1 Å². The molecule has 2 aromatic rings. The maximum Gasteiger partial charge on any atom is 0.255 e. The Morgan fingerprint density at radius 2 is 2.10 bits per heavy atom. The summed E-state index contributed by atoms with van der Waals surface area (Å²) in [5.74, 6) is 1.08. The minimum atomic E-state index is -0.221. The van der Waals surface area contributed by atoms with Crippen molar-refractivity contribution in [2.75, 3.05) is 12.1 Å². The van der Waals surface area contributed by atoms with Gasteiger partial charge in [-0.25, -0.2) is 0 Å². The molecule has 3 rings (SSSR count). The third kappa shape index (κ3) is 2.41. The van der Waals surface area contributed by atoms with E-state index in [1.54, 1.807) is 36.5 Å². The Morgan fingerprint density at radius 1 is 1.25 bits per heavy atom. The second-order valence-corrected chi connectivity index (χ2v) is 4.26. The maximum atomic E-state index is 12.1. The maximum absolute atomic E-state index is 12.1. The van der Waals surface area contributed by atoms with E-state index < -0.39 is 0 Å². The number of rotatable bonds is 3. The molecule has 2 heterocycles. The number of carbonyl (C=O) groups excluding carboxylic acids is 1. The Morgan fingerprint density at radius 3 is 2.95 bits per heavy atom. The number of hydrogen-bond donors (Lipinski definition) is 2. The zero-order chi connectivity index (χ0) is 13.9.